The highest BCUT2D eigenvalue weighted by Gasteiger charge is 2.26. The number of benzene rings is 2. The van der Waals surface area contributed by atoms with Crippen LogP contribution >= 0.6 is 0 Å². The van der Waals surface area contributed by atoms with Crippen LogP contribution in [0.15, 0.2) is 48.5 Å². The minimum atomic E-state index is -0.684. The number of carbonyl (C=O) groups is 2. The van der Waals surface area contributed by atoms with Crippen LogP contribution in [-0.2, 0) is 4.79 Å². The normalized spacial score (nSPS) is 15.9. The molecule has 6 heteroatoms. The van der Waals surface area contributed by atoms with E-state index in [0.717, 1.165) is 5.69 Å². The second-order valence-corrected chi connectivity index (χ2v) is 4.88. The van der Waals surface area contributed by atoms with E-state index in [9.17, 15) is 9.59 Å². The van der Waals surface area contributed by atoms with Crippen molar-refractivity contribution in [2.45, 2.75) is 6.10 Å². The van der Waals surface area contributed by atoms with E-state index in [1.165, 1.54) is 0 Å². The number of nitrogens with two attached hydrogens (primary N) is 1. The first-order chi connectivity index (χ1) is 10.6. The molecule has 0 spiro atoms. The number of anilines is 2. The van der Waals surface area contributed by atoms with Gasteiger partial charge in [0.05, 0.1) is 23.5 Å². The molecule has 4 N–H and O–H groups in total. The van der Waals surface area contributed by atoms with Gasteiger partial charge in [-0.2, -0.15) is 0 Å². The number of fused-ring (bicyclic) bond motifs is 1. The Morgan fingerprint density at radius 1 is 1.14 bits per heavy atom. The number of para-hydroxylation sites is 3. The summed E-state index contributed by atoms with van der Waals surface area (Å²) in [5, 5.41) is 5.83. The zero-order valence-corrected chi connectivity index (χ0v) is 11.7. The van der Waals surface area contributed by atoms with Crippen LogP contribution in [0.3, 0.4) is 0 Å². The summed E-state index contributed by atoms with van der Waals surface area (Å²) in [6.45, 7) is 0.349. The minimum absolute atomic E-state index is 0.264. The fourth-order valence-corrected chi connectivity index (χ4v) is 2.28. The van der Waals surface area contributed by atoms with Crippen LogP contribution in [0.5, 0.6) is 5.75 Å². The van der Waals surface area contributed by atoms with Crippen molar-refractivity contribution in [3.05, 3.63) is 54.1 Å². The first-order valence-electron chi connectivity index (χ1n) is 6.84. The number of hydrogen-bond donors (Lipinski definition) is 3. The van der Waals surface area contributed by atoms with Gasteiger partial charge in [0.2, 0.25) is 0 Å². The molecule has 0 aromatic heterocycles. The predicted octanol–water partition coefficient (Wildman–Crippen LogP) is 1.60. The highest BCUT2D eigenvalue weighted by Crippen LogP contribution is 2.28. The monoisotopic (exact) mass is 297 g/mol. The third-order valence-electron chi connectivity index (χ3n) is 3.38. The summed E-state index contributed by atoms with van der Waals surface area (Å²) in [7, 11) is 0. The molecule has 3 rings (SSSR count). The molecule has 1 aliphatic rings. The molecule has 22 heavy (non-hydrogen) atoms. The summed E-state index contributed by atoms with van der Waals surface area (Å²) >= 11 is 0. The van der Waals surface area contributed by atoms with Gasteiger partial charge in [-0.15, -0.1) is 0 Å². The number of primary amides is 1. The highest BCUT2D eigenvalue weighted by molar-refractivity contribution is 6.04. The number of nitrogens with one attached hydrogen (secondary N) is 2. The minimum Gasteiger partial charge on any atom is -0.477 e. The predicted molar refractivity (Wildman–Crippen MR) is 82.9 cm³/mol. The summed E-state index contributed by atoms with van der Waals surface area (Å²) in [6.07, 6.45) is -0.684. The maximum absolute atomic E-state index is 12.3. The molecule has 2 amide bonds. The van der Waals surface area contributed by atoms with Crippen LogP contribution in [-0.4, -0.2) is 24.5 Å². The van der Waals surface area contributed by atoms with Crippen LogP contribution in [0.4, 0.5) is 11.4 Å². The Balaban J connectivity index is 1.75. The van der Waals surface area contributed by atoms with Crippen molar-refractivity contribution in [2.24, 2.45) is 5.73 Å². The highest BCUT2D eigenvalue weighted by atomic mass is 16.5. The summed E-state index contributed by atoms with van der Waals surface area (Å²) in [5.41, 5.74) is 6.79. The van der Waals surface area contributed by atoms with Crippen LogP contribution in [0, 0.1) is 0 Å². The first-order valence-corrected chi connectivity index (χ1v) is 6.84. The van der Waals surface area contributed by atoms with Gasteiger partial charge in [0.25, 0.3) is 11.8 Å². The summed E-state index contributed by atoms with van der Waals surface area (Å²) < 4.78 is 5.68. The van der Waals surface area contributed by atoms with E-state index in [4.69, 9.17) is 10.5 Å². The van der Waals surface area contributed by atoms with Crippen molar-refractivity contribution in [3.8, 4) is 5.75 Å². The molecule has 0 radical (unpaired) electrons. The Morgan fingerprint density at radius 3 is 2.68 bits per heavy atom. The van der Waals surface area contributed by atoms with Gasteiger partial charge in [0.1, 0.15) is 5.75 Å². The van der Waals surface area contributed by atoms with E-state index in [1.54, 1.807) is 30.3 Å². The van der Waals surface area contributed by atoms with E-state index >= 15 is 0 Å². The Bertz CT molecular complexity index is 730. The van der Waals surface area contributed by atoms with Gasteiger partial charge in [-0.1, -0.05) is 24.3 Å². The van der Waals surface area contributed by atoms with Crippen LogP contribution in [0.2, 0.25) is 0 Å². The quantitative estimate of drug-likeness (QED) is 0.802. The third kappa shape index (κ3) is 2.71. The lowest BCUT2D eigenvalue weighted by molar-refractivity contribution is -0.122. The molecule has 1 aliphatic heterocycles. The lowest BCUT2D eigenvalue weighted by Crippen LogP contribution is -2.41. The van der Waals surface area contributed by atoms with Gasteiger partial charge >= 0.3 is 0 Å². The zero-order valence-electron chi connectivity index (χ0n) is 11.7. The molecule has 1 atom stereocenters. The van der Waals surface area contributed by atoms with Gasteiger partial charge in [-0.05, 0) is 24.3 Å². The van der Waals surface area contributed by atoms with Crippen molar-refractivity contribution < 1.29 is 14.3 Å². The van der Waals surface area contributed by atoms with Crippen molar-refractivity contribution in [2.75, 3.05) is 17.2 Å². The topological polar surface area (TPSA) is 93.5 Å². The molecule has 0 saturated carbocycles. The van der Waals surface area contributed by atoms with Crippen molar-refractivity contribution in [1.82, 2.24) is 0 Å². The van der Waals surface area contributed by atoms with Crippen LogP contribution < -0.4 is 21.1 Å². The summed E-state index contributed by atoms with van der Waals surface area (Å²) in [4.78, 5) is 23.7. The smallest absolute Gasteiger partial charge is 0.267 e. The molecule has 112 valence electrons. The maximum atomic E-state index is 12.3. The Kier molecular flexibility index (Phi) is 3.65. The zero-order chi connectivity index (χ0) is 15.5. The molecule has 2 aromatic carbocycles. The Morgan fingerprint density at radius 2 is 1.86 bits per heavy atom. The second kappa shape index (κ2) is 5.77. The van der Waals surface area contributed by atoms with Crippen LogP contribution in [0.1, 0.15) is 10.4 Å². The molecule has 0 saturated heterocycles. The first kappa shape index (κ1) is 13.9. The maximum Gasteiger partial charge on any atom is 0.267 e. The summed E-state index contributed by atoms with van der Waals surface area (Å²) in [5.74, 6) is -0.309. The lowest BCUT2D eigenvalue weighted by Gasteiger charge is -2.26. The van der Waals surface area contributed by atoms with Crippen LogP contribution in [0.25, 0.3) is 0 Å². The van der Waals surface area contributed by atoms with Gasteiger partial charge < -0.3 is 21.1 Å². The average molecular weight is 297 g/mol. The lowest BCUT2D eigenvalue weighted by atomic mass is 10.1. The fourth-order valence-electron chi connectivity index (χ4n) is 2.28. The number of hydrogen-bond acceptors (Lipinski definition) is 4. The second-order valence-electron chi connectivity index (χ2n) is 4.88. The van der Waals surface area contributed by atoms with Gasteiger partial charge in [-0.25, -0.2) is 0 Å². The standard InChI is InChI=1S/C16H15N3O3/c17-15(20)10-5-1-2-6-11(10)19-16(21)14-9-18-12-7-3-4-8-13(12)22-14/h1-8,14,18H,9H2,(H2,17,20)(H,19,21). The SMILES string of the molecule is NC(=O)c1ccccc1NC(=O)C1CNc2ccccc2O1. The number of rotatable bonds is 3. The van der Waals surface area contributed by atoms with Gasteiger partial charge in [0, 0.05) is 0 Å². The molecule has 0 bridgehead atoms. The molecule has 6 nitrogen and oxygen atoms in total. The molecule has 2 aromatic rings. The molecule has 0 aliphatic carbocycles. The summed E-state index contributed by atoms with van der Waals surface area (Å²) in [6, 6.07) is 14.0. The van der Waals surface area contributed by atoms with Gasteiger partial charge in [0.15, 0.2) is 6.10 Å². The largest absolute Gasteiger partial charge is 0.477 e. The van der Waals surface area contributed by atoms with E-state index < -0.39 is 12.0 Å². The average Bonchev–Trinajstić information content (AvgIpc) is 2.54. The third-order valence-corrected chi connectivity index (χ3v) is 3.38. The van der Waals surface area contributed by atoms with E-state index in [0.29, 0.717) is 18.0 Å². The van der Waals surface area contributed by atoms with Crippen molar-refractivity contribution in [3.63, 3.8) is 0 Å². The molecular formula is C16H15N3O3. The molecule has 0 fully saturated rings. The number of amides is 2. The van der Waals surface area contributed by atoms with E-state index in [-0.39, 0.29) is 11.5 Å². The van der Waals surface area contributed by atoms with Gasteiger partial charge in [-0.3, -0.25) is 9.59 Å². The molecule has 1 heterocycles. The molecular weight excluding hydrogens is 282 g/mol. The number of ether oxygens (including phenoxy) is 1. The number of carbonyl (C=O) groups excluding carboxylic acids is 2. The molecule has 1 unspecified atom stereocenters. The van der Waals surface area contributed by atoms with Crippen molar-refractivity contribution in [1.29, 1.82) is 0 Å². The van der Waals surface area contributed by atoms with E-state index in [1.807, 2.05) is 18.2 Å². The van der Waals surface area contributed by atoms with E-state index in [2.05, 4.69) is 10.6 Å². The van der Waals surface area contributed by atoms with Crippen molar-refractivity contribution >= 4 is 23.2 Å². The Labute approximate surface area is 127 Å². The fraction of sp³-hybridized carbons (Fsp3) is 0.125. The Hall–Kier alpha value is -3.02.